The van der Waals surface area contributed by atoms with Gasteiger partial charge in [0.15, 0.2) is 0 Å². The average Bonchev–Trinajstić information content (AvgIpc) is 2.48. The second-order valence-corrected chi connectivity index (χ2v) is 6.07. The summed E-state index contributed by atoms with van der Waals surface area (Å²) in [7, 11) is 0. The van der Waals surface area contributed by atoms with E-state index >= 15 is 0 Å². The molecule has 0 aliphatic rings. The maximum atomic E-state index is 12.2. The van der Waals surface area contributed by atoms with Crippen molar-refractivity contribution >= 4 is 31.9 Å². The van der Waals surface area contributed by atoms with E-state index in [0.29, 0.717) is 17.6 Å². The second kappa shape index (κ2) is 7.09. The molecular formula is C16H15Br2NO2. The van der Waals surface area contributed by atoms with Gasteiger partial charge in [-0.2, -0.15) is 0 Å². The molecule has 0 radical (unpaired) electrons. The number of pyridine rings is 1. The Morgan fingerprint density at radius 1 is 1.24 bits per heavy atom. The number of hydrogen-bond acceptors (Lipinski definition) is 2. The maximum Gasteiger partial charge on any atom is 0.265 e. The molecule has 2 aromatic rings. The van der Waals surface area contributed by atoms with Gasteiger partial charge in [0.05, 0.1) is 10.2 Å². The van der Waals surface area contributed by atoms with Gasteiger partial charge >= 0.3 is 0 Å². The molecule has 0 N–H and O–H groups in total. The van der Waals surface area contributed by atoms with E-state index in [1.165, 1.54) is 0 Å². The summed E-state index contributed by atoms with van der Waals surface area (Å²) in [4.78, 5) is 12.2. The zero-order valence-corrected chi connectivity index (χ0v) is 14.8. The summed E-state index contributed by atoms with van der Waals surface area (Å²) in [5.74, 6) is 0.757. The molecule has 0 aliphatic carbocycles. The Morgan fingerprint density at radius 2 is 2.00 bits per heavy atom. The van der Waals surface area contributed by atoms with Crippen LogP contribution in [0.5, 0.6) is 5.75 Å². The van der Waals surface area contributed by atoms with Crippen LogP contribution in [0.15, 0.2) is 56.7 Å². The lowest BCUT2D eigenvalue weighted by Gasteiger charge is -2.14. The molecule has 1 heterocycles. The fraction of sp³-hybridized carbons (Fsp3) is 0.188. The van der Waals surface area contributed by atoms with Crippen LogP contribution in [0, 0.1) is 0 Å². The van der Waals surface area contributed by atoms with Gasteiger partial charge in [-0.25, -0.2) is 0 Å². The Morgan fingerprint density at radius 3 is 2.62 bits per heavy atom. The van der Waals surface area contributed by atoms with E-state index in [-0.39, 0.29) is 5.56 Å². The molecule has 2 rings (SSSR count). The highest BCUT2D eigenvalue weighted by Gasteiger charge is 2.11. The molecule has 0 unspecified atom stereocenters. The Kier molecular flexibility index (Phi) is 5.42. The molecule has 0 bridgehead atoms. The Balaban J connectivity index is 2.50. The van der Waals surface area contributed by atoms with Gasteiger partial charge in [0.1, 0.15) is 12.4 Å². The summed E-state index contributed by atoms with van der Waals surface area (Å²) in [6, 6.07) is 9.43. The Bertz CT molecular complexity index is 723. The van der Waals surface area contributed by atoms with Crippen molar-refractivity contribution in [2.75, 3.05) is 6.61 Å². The lowest BCUT2D eigenvalue weighted by molar-refractivity contribution is 0.363. The fourth-order valence-electron chi connectivity index (χ4n) is 2.05. The monoisotopic (exact) mass is 411 g/mol. The molecule has 21 heavy (non-hydrogen) atoms. The van der Waals surface area contributed by atoms with E-state index in [9.17, 15) is 4.79 Å². The first-order valence-electron chi connectivity index (χ1n) is 6.51. The molecule has 5 heteroatoms. The van der Waals surface area contributed by atoms with Crippen LogP contribution in [0.1, 0.15) is 6.92 Å². The van der Waals surface area contributed by atoms with Gasteiger partial charge in [-0.1, -0.05) is 12.7 Å². The number of aromatic nitrogens is 1. The van der Waals surface area contributed by atoms with Crippen molar-refractivity contribution in [3.8, 4) is 17.0 Å². The molecule has 0 spiro atoms. The first kappa shape index (κ1) is 16.0. The van der Waals surface area contributed by atoms with E-state index in [1.54, 1.807) is 16.7 Å². The molecule has 1 aromatic carbocycles. The number of rotatable bonds is 5. The summed E-state index contributed by atoms with van der Waals surface area (Å²) >= 11 is 6.83. The molecule has 0 amide bonds. The smallest absolute Gasteiger partial charge is 0.265 e. The van der Waals surface area contributed by atoms with E-state index < -0.39 is 0 Å². The predicted molar refractivity (Wildman–Crippen MR) is 92.9 cm³/mol. The molecule has 0 saturated carbocycles. The molecule has 0 aliphatic heterocycles. The highest BCUT2D eigenvalue weighted by Crippen LogP contribution is 2.31. The van der Waals surface area contributed by atoms with E-state index in [1.807, 2.05) is 31.2 Å². The fourth-order valence-corrected chi connectivity index (χ4v) is 2.96. The first-order chi connectivity index (χ1) is 10.1. The van der Waals surface area contributed by atoms with Crippen molar-refractivity contribution < 1.29 is 4.74 Å². The quantitative estimate of drug-likeness (QED) is 0.670. The second-order valence-electron chi connectivity index (χ2n) is 4.36. The van der Waals surface area contributed by atoms with Crippen LogP contribution in [0.3, 0.4) is 0 Å². The zero-order chi connectivity index (χ0) is 15.4. The van der Waals surface area contributed by atoms with E-state index in [4.69, 9.17) is 4.74 Å². The van der Waals surface area contributed by atoms with Crippen molar-refractivity contribution in [2.45, 2.75) is 13.5 Å². The lowest BCUT2D eigenvalue weighted by atomic mass is 10.1. The van der Waals surface area contributed by atoms with Crippen LogP contribution in [0.25, 0.3) is 11.3 Å². The third-order valence-electron chi connectivity index (χ3n) is 3.03. The van der Waals surface area contributed by atoms with Gasteiger partial charge in [0.2, 0.25) is 0 Å². The summed E-state index contributed by atoms with van der Waals surface area (Å²) in [5, 5.41) is 0. The zero-order valence-electron chi connectivity index (χ0n) is 11.6. The Hall–Kier alpha value is -1.33. The number of hydrogen-bond donors (Lipinski definition) is 0. The maximum absolute atomic E-state index is 12.2. The molecule has 1 aromatic heterocycles. The summed E-state index contributed by atoms with van der Waals surface area (Å²) < 4.78 is 8.68. The molecule has 0 saturated heterocycles. The Labute approximate surface area is 140 Å². The number of halogens is 2. The predicted octanol–water partition coefficient (Wildman–Crippen LogP) is 4.63. The van der Waals surface area contributed by atoms with Crippen molar-refractivity contribution in [1.82, 2.24) is 4.57 Å². The average molecular weight is 413 g/mol. The minimum absolute atomic E-state index is 0.0334. The number of nitrogens with zero attached hydrogens (tertiary/aromatic N) is 1. The molecule has 3 nitrogen and oxygen atoms in total. The van der Waals surface area contributed by atoms with E-state index in [0.717, 1.165) is 21.5 Å². The van der Waals surface area contributed by atoms with Gasteiger partial charge in [0, 0.05) is 16.6 Å². The van der Waals surface area contributed by atoms with Crippen LogP contribution < -0.4 is 10.3 Å². The number of ether oxygens (including phenoxy) is 1. The highest BCUT2D eigenvalue weighted by atomic mass is 79.9. The number of benzene rings is 1. The van der Waals surface area contributed by atoms with Crippen molar-refractivity contribution in [3.05, 3.63) is 62.3 Å². The van der Waals surface area contributed by atoms with Crippen LogP contribution in [0.2, 0.25) is 0 Å². The van der Waals surface area contributed by atoms with Gasteiger partial charge in [-0.15, -0.1) is 0 Å². The van der Waals surface area contributed by atoms with Crippen molar-refractivity contribution in [3.63, 3.8) is 0 Å². The SMILES string of the molecule is C=CCOc1ccc(-c2ccc(Br)c(=O)n2CC)c(Br)c1. The molecule has 110 valence electrons. The minimum Gasteiger partial charge on any atom is -0.490 e. The summed E-state index contributed by atoms with van der Waals surface area (Å²) in [5.41, 5.74) is 1.79. The minimum atomic E-state index is -0.0334. The van der Waals surface area contributed by atoms with Gasteiger partial charge in [-0.05, 0) is 69.1 Å². The molecule has 0 fully saturated rings. The van der Waals surface area contributed by atoms with Gasteiger partial charge in [0.25, 0.3) is 5.56 Å². The third-order valence-corrected chi connectivity index (χ3v) is 4.29. The largest absolute Gasteiger partial charge is 0.490 e. The summed E-state index contributed by atoms with van der Waals surface area (Å²) in [6.45, 7) is 6.64. The first-order valence-corrected chi connectivity index (χ1v) is 8.10. The lowest BCUT2D eigenvalue weighted by Crippen LogP contribution is -2.21. The molecular weight excluding hydrogens is 398 g/mol. The molecule has 0 atom stereocenters. The van der Waals surface area contributed by atoms with Crippen LogP contribution >= 0.6 is 31.9 Å². The van der Waals surface area contributed by atoms with Crippen LogP contribution in [-0.2, 0) is 6.54 Å². The standard InChI is InChI=1S/C16H15Br2NO2/c1-3-9-21-11-5-6-12(14(18)10-11)15-8-7-13(17)16(20)19(15)4-2/h3,5-8,10H,1,4,9H2,2H3. The van der Waals surface area contributed by atoms with Gasteiger partial charge in [-0.3, -0.25) is 4.79 Å². The summed E-state index contributed by atoms with van der Waals surface area (Å²) in [6.07, 6.45) is 1.70. The van der Waals surface area contributed by atoms with Crippen LogP contribution in [-0.4, -0.2) is 11.2 Å². The topological polar surface area (TPSA) is 31.2 Å². The third kappa shape index (κ3) is 3.47. The van der Waals surface area contributed by atoms with Gasteiger partial charge < -0.3 is 9.30 Å². The highest BCUT2D eigenvalue weighted by molar-refractivity contribution is 9.10. The normalized spacial score (nSPS) is 10.4. The van der Waals surface area contributed by atoms with E-state index in [2.05, 4.69) is 38.4 Å². The van der Waals surface area contributed by atoms with Crippen LogP contribution in [0.4, 0.5) is 0 Å². The van der Waals surface area contributed by atoms with Crippen molar-refractivity contribution in [2.24, 2.45) is 0 Å². The van der Waals surface area contributed by atoms with Crippen molar-refractivity contribution in [1.29, 1.82) is 0 Å².